The summed E-state index contributed by atoms with van der Waals surface area (Å²) in [6.07, 6.45) is 0. The van der Waals surface area contributed by atoms with Crippen LogP contribution >= 0.6 is 23.1 Å². The second-order valence-corrected chi connectivity index (χ2v) is 2.80. The maximum Gasteiger partial charge on any atom is 0.277 e. The molecule has 2 nitrogen and oxygen atoms in total. The Morgan fingerprint density at radius 3 is 2.50 bits per heavy atom. The van der Waals surface area contributed by atoms with Gasteiger partial charge in [0, 0.05) is 4.88 Å². The molecule has 1 rings (SSSR count). The van der Waals surface area contributed by atoms with Crippen molar-refractivity contribution in [3.8, 4) is 0 Å². The molecule has 0 unspecified atom stereocenters. The summed E-state index contributed by atoms with van der Waals surface area (Å²) in [5, 5.41) is 0.315. The first kappa shape index (κ1) is 5.85. The van der Waals surface area contributed by atoms with Crippen LogP contribution in [0.3, 0.4) is 0 Å². The van der Waals surface area contributed by atoms with Gasteiger partial charge >= 0.3 is 0 Å². The number of aromatic amines is 1. The summed E-state index contributed by atoms with van der Waals surface area (Å²) in [5.74, 6) is 0. The predicted octanol–water partition coefficient (Wildman–Crippen LogP) is 1.40. The fraction of sp³-hybridized carbons (Fsp3) is 0.250. The summed E-state index contributed by atoms with van der Waals surface area (Å²) < 4.78 is 2.49. The summed E-state index contributed by atoms with van der Waals surface area (Å²) in [4.78, 5) is 11.3. The van der Waals surface area contributed by atoms with E-state index in [4.69, 9.17) is 11.6 Å². The van der Waals surface area contributed by atoms with Gasteiger partial charge in [-0.25, -0.2) is 0 Å². The van der Waals surface area contributed by atoms with E-state index >= 15 is 0 Å². The van der Waals surface area contributed by atoms with Crippen LogP contribution in [0.15, 0.2) is 4.79 Å². The summed E-state index contributed by atoms with van der Waals surface area (Å²) in [6.45, 7) is 1.80. The number of halogens is 1. The molecule has 0 fully saturated rings. The Labute approximate surface area is 55.3 Å². The minimum Gasteiger partial charge on any atom is -0.276 e. The number of H-pyrrole nitrogens is 1. The Morgan fingerprint density at radius 2 is 2.38 bits per heavy atom. The molecule has 4 heteroatoms. The van der Waals surface area contributed by atoms with Crippen molar-refractivity contribution < 1.29 is 0 Å². The fourth-order valence-electron chi connectivity index (χ4n) is 0.372. The first-order valence-corrected chi connectivity index (χ1v) is 3.25. The highest BCUT2D eigenvalue weighted by Crippen LogP contribution is 2.11. The molecule has 1 N–H and O–H groups in total. The molecule has 8 heavy (non-hydrogen) atoms. The van der Waals surface area contributed by atoms with Crippen molar-refractivity contribution in [3.63, 3.8) is 0 Å². The number of aryl methyl sites for hydroxylation is 1. The third kappa shape index (κ3) is 0.788. The molecular formula is C4H4ClNOS. The lowest BCUT2D eigenvalue weighted by Gasteiger charge is -1.73. The van der Waals surface area contributed by atoms with Crippen LogP contribution in [-0.4, -0.2) is 4.37 Å². The van der Waals surface area contributed by atoms with Crippen LogP contribution in [0.2, 0.25) is 5.02 Å². The number of nitrogens with one attached hydrogen (secondary N) is 1. The van der Waals surface area contributed by atoms with Gasteiger partial charge in [0.05, 0.1) is 0 Å². The molecule has 0 aromatic carbocycles. The van der Waals surface area contributed by atoms with Crippen LogP contribution in [0, 0.1) is 6.92 Å². The highest BCUT2D eigenvalue weighted by Gasteiger charge is 1.99. The molecule has 1 aromatic rings. The molecule has 1 aromatic heterocycles. The van der Waals surface area contributed by atoms with Gasteiger partial charge in [0.15, 0.2) is 0 Å². The fourth-order valence-corrected chi connectivity index (χ4v) is 1.12. The van der Waals surface area contributed by atoms with Gasteiger partial charge in [0.25, 0.3) is 5.56 Å². The normalized spacial score (nSPS) is 9.75. The number of aromatic nitrogens is 1. The van der Waals surface area contributed by atoms with Crippen molar-refractivity contribution in [1.82, 2.24) is 4.37 Å². The van der Waals surface area contributed by atoms with Crippen LogP contribution in [0.4, 0.5) is 0 Å². The third-order valence-electron chi connectivity index (χ3n) is 0.805. The van der Waals surface area contributed by atoms with Gasteiger partial charge in [-0.3, -0.25) is 9.17 Å². The van der Waals surface area contributed by atoms with Crippen LogP contribution < -0.4 is 5.56 Å². The van der Waals surface area contributed by atoms with Gasteiger partial charge in [0.2, 0.25) is 0 Å². The standard InChI is InChI=1S/C4H4ClNOS/c1-2-3(5)4(7)6-8-2/h1H3,(H,6,7). The number of hydrogen-bond donors (Lipinski definition) is 1. The highest BCUT2D eigenvalue weighted by atomic mass is 35.5. The summed E-state index contributed by atoms with van der Waals surface area (Å²) in [7, 11) is 0. The molecular weight excluding hydrogens is 146 g/mol. The molecule has 0 aliphatic heterocycles. The van der Waals surface area contributed by atoms with Crippen LogP contribution in [-0.2, 0) is 0 Å². The Kier molecular flexibility index (Phi) is 1.40. The monoisotopic (exact) mass is 149 g/mol. The average Bonchev–Trinajstić information content (AvgIpc) is 1.98. The zero-order valence-corrected chi connectivity index (χ0v) is 5.77. The van der Waals surface area contributed by atoms with Gasteiger partial charge in [0.1, 0.15) is 5.02 Å². The predicted molar refractivity (Wildman–Crippen MR) is 34.7 cm³/mol. The first-order chi connectivity index (χ1) is 3.72. The van der Waals surface area contributed by atoms with Gasteiger partial charge in [-0.1, -0.05) is 23.1 Å². The van der Waals surface area contributed by atoms with Gasteiger partial charge < -0.3 is 0 Å². The lowest BCUT2D eigenvalue weighted by Crippen LogP contribution is -1.95. The SMILES string of the molecule is Cc1s[nH]c(=O)c1Cl. The molecule has 0 saturated carbocycles. The second-order valence-electron chi connectivity index (χ2n) is 1.40. The topological polar surface area (TPSA) is 32.9 Å². The second kappa shape index (κ2) is 1.91. The van der Waals surface area contributed by atoms with E-state index in [-0.39, 0.29) is 5.56 Å². The Bertz CT molecular complexity index is 238. The molecule has 0 atom stereocenters. The Balaban J connectivity index is 3.41. The zero-order chi connectivity index (χ0) is 6.15. The quantitative estimate of drug-likeness (QED) is 0.594. The number of hydrogen-bond acceptors (Lipinski definition) is 2. The lowest BCUT2D eigenvalue weighted by atomic mass is 10.5. The van der Waals surface area contributed by atoms with Crippen LogP contribution in [0.25, 0.3) is 0 Å². The van der Waals surface area contributed by atoms with E-state index in [1.54, 1.807) is 6.92 Å². The van der Waals surface area contributed by atoms with Gasteiger partial charge in [-0.2, -0.15) is 0 Å². The van der Waals surface area contributed by atoms with E-state index in [2.05, 4.69) is 4.37 Å². The molecule has 44 valence electrons. The van der Waals surface area contributed by atoms with E-state index in [1.807, 2.05) is 0 Å². The molecule has 0 spiro atoms. The first-order valence-electron chi connectivity index (χ1n) is 2.05. The maximum absolute atomic E-state index is 10.5. The lowest BCUT2D eigenvalue weighted by molar-refractivity contribution is 1.42. The minimum absolute atomic E-state index is 0.186. The summed E-state index contributed by atoms with van der Waals surface area (Å²) >= 11 is 6.72. The zero-order valence-electron chi connectivity index (χ0n) is 4.19. The van der Waals surface area contributed by atoms with Crippen molar-refractivity contribution in [2.75, 3.05) is 0 Å². The Hall–Kier alpha value is -0.280. The summed E-state index contributed by atoms with van der Waals surface area (Å²) in [5.41, 5.74) is -0.186. The molecule has 0 radical (unpaired) electrons. The Morgan fingerprint density at radius 1 is 1.75 bits per heavy atom. The van der Waals surface area contributed by atoms with Crippen molar-refractivity contribution in [3.05, 3.63) is 20.3 Å². The van der Waals surface area contributed by atoms with E-state index < -0.39 is 0 Å². The maximum atomic E-state index is 10.5. The van der Waals surface area contributed by atoms with Crippen LogP contribution in [0.1, 0.15) is 4.88 Å². The van der Waals surface area contributed by atoms with E-state index in [9.17, 15) is 4.79 Å². The minimum atomic E-state index is -0.186. The molecule has 0 aliphatic carbocycles. The van der Waals surface area contributed by atoms with E-state index in [1.165, 1.54) is 11.5 Å². The summed E-state index contributed by atoms with van der Waals surface area (Å²) in [6, 6.07) is 0. The van der Waals surface area contributed by atoms with Crippen molar-refractivity contribution in [2.24, 2.45) is 0 Å². The van der Waals surface area contributed by atoms with E-state index in [0.717, 1.165) is 4.88 Å². The highest BCUT2D eigenvalue weighted by molar-refractivity contribution is 7.06. The molecule has 1 heterocycles. The molecule has 0 aliphatic rings. The molecule has 0 amide bonds. The molecule has 0 bridgehead atoms. The van der Waals surface area contributed by atoms with Crippen molar-refractivity contribution >= 4 is 23.1 Å². The van der Waals surface area contributed by atoms with E-state index in [0.29, 0.717) is 5.02 Å². The molecule has 0 saturated heterocycles. The van der Waals surface area contributed by atoms with Crippen molar-refractivity contribution in [2.45, 2.75) is 6.92 Å². The average molecular weight is 150 g/mol. The number of rotatable bonds is 0. The van der Waals surface area contributed by atoms with Gasteiger partial charge in [-0.05, 0) is 6.92 Å². The van der Waals surface area contributed by atoms with Gasteiger partial charge in [-0.15, -0.1) is 0 Å². The largest absolute Gasteiger partial charge is 0.277 e. The van der Waals surface area contributed by atoms with Crippen molar-refractivity contribution in [1.29, 1.82) is 0 Å². The third-order valence-corrected chi connectivity index (χ3v) is 2.17. The van der Waals surface area contributed by atoms with Crippen LogP contribution in [0.5, 0.6) is 0 Å². The smallest absolute Gasteiger partial charge is 0.276 e.